The molecule has 0 saturated heterocycles. The van der Waals surface area contributed by atoms with Crippen molar-refractivity contribution >= 4 is 30.0 Å². The van der Waals surface area contributed by atoms with Crippen molar-refractivity contribution in [3.63, 3.8) is 0 Å². The van der Waals surface area contributed by atoms with Crippen LogP contribution in [0.4, 0.5) is 5.82 Å². The van der Waals surface area contributed by atoms with Gasteiger partial charge in [-0.15, -0.1) is 0 Å². The van der Waals surface area contributed by atoms with E-state index in [1.165, 1.54) is 24.4 Å². The summed E-state index contributed by atoms with van der Waals surface area (Å²) < 4.78 is 4.81. The van der Waals surface area contributed by atoms with Crippen LogP contribution in [0.5, 0.6) is 0 Å². The second kappa shape index (κ2) is 10.3. The number of nitrogens with zero attached hydrogens (tertiary/aromatic N) is 2. The van der Waals surface area contributed by atoms with Crippen LogP contribution in [0.25, 0.3) is 0 Å². The van der Waals surface area contributed by atoms with Crippen molar-refractivity contribution in [2.45, 2.75) is 32.3 Å². The van der Waals surface area contributed by atoms with Gasteiger partial charge in [-0.25, -0.2) is 14.8 Å². The van der Waals surface area contributed by atoms with E-state index in [1.807, 2.05) is 0 Å². The van der Waals surface area contributed by atoms with Crippen LogP contribution >= 0.6 is 11.8 Å². The summed E-state index contributed by atoms with van der Waals surface area (Å²) in [6.07, 6.45) is 4.84. The highest BCUT2D eigenvalue weighted by atomic mass is 32.2. The van der Waals surface area contributed by atoms with Gasteiger partial charge in [-0.1, -0.05) is 32.0 Å². The SMILES string of the molecule is CCC.CCOC(=O)c1cnc(SC)nc1NC=O. The van der Waals surface area contributed by atoms with Crippen LogP contribution in [-0.2, 0) is 9.53 Å². The lowest BCUT2D eigenvalue weighted by molar-refractivity contribution is -0.105. The number of thioether (sulfide) groups is 1. The fourth-order valence-corrected chi connectivity index (χ4v) is 1.33. The Hall–Kier alpha value is -1.63. The molecule has 1 aromatic rings. The monoisotopic (exact) mass is 285 g/mol. The molecule has 0 aromatic carbocycles. The minimum atomic E-state index is -0.556. The van der Waals surface area contributed by atoms with E-state index in [0.717, 1.165) is 0 Å². The van der Waals surface area contributed by atoms with Crippen molar-refractivity contribution in [1.29, 1.82) is 0 Å². The van der Waals surface area contributed by atoms with Crippen LogP contribution < -0.4 is 5.32 Å². The number of hydrogen-bond donors (Lipinski definition) is 1. The number of esters is 1. The van der Waals surface area contributed by atoms with Gasteiger partial charge < -0.3 is 10.1 Å². The van der Waals surface area contributed by atoms with Crippen molar-refractivity contribution < 1.29 is 14.3 Å². The molecule has 0 saturated carbocycles. The van der Waals surface area contributed by atoms with Gasteiger partial charge in [0.15, 0.2) is 11.0 Å². The molecule has 1 heterocycles. The first-order chi connectivity index (χ1) is 9.14. The number of anilines is 1. The number of ether oxygens (including phenoxy) is 1. The molecule has 0 unspecified atom stereocenters. The number of carbonyl (C=O) groups is 2. The number of nitrogens with one attached hydrogen (secondary N) is 1. The molecule has 0 atom stereocenters. The quantitative estimate of drug-likeness (QED) is 0.387. The molecule has 0 radical (unpaired) electrons. The summed E-state index contributed by atoms with van der Waals surface area (Å²) >= 11 is 1.31. The van der Waals surface area contributed by atoms with E-state index in [0.29, 0.717) is 11.6 Å². The Bertz CT molecular complexity index is 413. The van der Waals surface area contributed by atoms with Gasteiger partial charge in [-0.05, 0) is 13.2 Å². The third kappa shape index (κ3) is 6.19. The first-order valence-electron chi connectivity index (χ1n) is 5.92. The number of hydrogen-bond acceptors (Lipinski definition) is 6. The lowest BCUT2D eigenvalue weighted by Gasteiger charge is -2.06. The van der Waals surface area contributed by atoms with Crippen molar-refractivity contribution in [2.75, 3.05) is 18.2 Å². The molecule has 6 nitrogen and oxygen atoms in total. The van der Waals surface area contributed by atoms with Crippen LogP contribution in [0.1, 0.15) is 37.6 Å². The number of carbonyl (C=O) groups excluding carboxylic acids is 2. The van der Waals surface area contributed by atoms with Crippen molar-refractivity contribution in [1.82, 2.24) is 9.97 Å². The van der Waals surface area contributed by atoms with Gasteiger partial charge in [0.25, 0.3) is 0 Å². The van der Waals surface area contributed by atoms with E-state index in [4.69, 9.17) is 4.74 Å². The minimum Gasteiger partial charge on any atom is -0.462 e. The van der Waals surface area contributed by atoms with E-state index < -0.39 is 5.97 Å². The number of aromatic nitrogens is 2. The molecule has 0 spiro atoms. The Labute approximate surface area is 117 Å². The van der Waals surface area contributed by atoms with E-state index in [2.05, 4.69) is 29.1 Å². The Morgan fingerprint density at radius 3 is 2.58 bits per heavy atom. The van der Waals surface area contributed by atoms with Crippen molar-refractivity contribution in [3.05, 3.63) is 11.8 Å². The lowest BCUT2D eigenvalue weighted by Crippen LogP contribution is -2.11. The van der Waals surface area contributed by atoms with Crippen LogP contribution in [0.2, 0.25) is 0 Å². The molecule has 1 amide bonds. The predicted molar refractivity (Wildman–Crippen MR) is 75.4 cm³/mol. The van der Waals surface area contributed by atoms with Gasteiger partial charge in [0, 0.05) is 6.20 Å². The molecule has 0 aliphatic heterocycles. The molecule has 1 N–H and O–H groups in total. The molecule has 1 aromatic heterocycles. The van der Waals surface area contributed by atoms with Gasteiger partial charge in [0.2, 0.25) is 6.41 Å². The second-order valence-corrected chi connectivity index (χ2v) is 4.08. The topological polar surface area (TPSA) is 81.2 Å². The summed E-state index contributed by atoms with van der Waals surface area (Å²) in [7, 11) is 0. The molecule has 0 fully saturated rings. The maximum Gasteiger partial charge on any atom is 0.343 e. The molecule has 0 aliphatic rings. The molecular formula is C12H19N3O3S. The minimum absolute atomic E-state index is 0.145. The summed E-state index contributed by atoms with van der Waals surface area (Å²) in [5.74, 6) is -0.396. The van der Waals surface area contributed by atoms with E-state index >= 15 is 0 Å². The molecule has 106 valence electrons. The van der Waals surface area contributed by atoms with Gasteiger partial charge >= 0.3 is 5.97 Å². The van der Waals surface area contributed by atoms with E-state index in [-0.39, 0.29) is 18.0 Å². The molecular weight excluding hydrogens is 266 g/mol. The average molecular weight is 285 g/mol. The summed E-state index contributed by atoms with van der Waals surface area (Å²) in [5.41, 5.74) is 0.145. The summed E-state index contributed by atoms with van der Waals surface area (Å²) in [6.45, 7) is 6.20. The first kappa shape index (κ1) is 17.4. The Morgan fingerprint density at radius 1 is 1.47 bits per heavy atom. The van der Waals surface area contributed by atoms with Gasteiger partial charge in [0.05, 0.1) is 6.61 Å². The first-order valence-corrected chi connectivity index (χ1v) is 7.15. The Kier molecular flexibility index (Phi) is 9.42. The third-order valence-corrected chi connectivity index (χ3v) is 2.20. The smallest absolute Gasteiger partial charge is 0.343 e. The summed E-state index contributed by atoms with van der Waals surface area (Å²) in [5, 5.41) is 2.81. The number of rotatable bonds is 5. The van der Waals surface area contributed by atoms with Crippen LogP contribution in [-0.4, -0.2) is 35.2 Å². The Morgan fingerprint density at radius 2 is 2.11 bits per heavy atom. The van der Waals surface area contributed by atoms with Crippen LogP contribution in [0.15, 0.2) is 11.4 Å². The highest BCUT2D eigenvalue weighted by molar-refractivity contribution is 7.98. The van der Waals surface area contributed by atoms with Gasteiger partial charge in [0.1, 0.15) is 5.56 Å². The zero-order valence-corrected chi connectivity index (χ0v) is 12.4. The molecule has 1 rings (SSSR count). The van der Waals surface area contributed by atoms with Gasteiger partial charge in [-0.3, -0.25) is 4.79 Å². The van der Waals surface area contributed by atoms with Crippen molar-refractivity contribution in [2.24, 2.45) is 0 Å². The van der Waals surface area contributed by atoms with Crippen LogP contribution in [0, 0.1) is 0 Å². The fourth-order valence-electron chi connectivity index (χ4n) is 0.988. The highest BCUT2D eigenvalue weighted by Gasteiger charge is 2.15. The average Bonchev–Trinajstić information content (AvgIpc) is 2.40. The molecule has 19 heavy (non-hydrogen) atoms. The third-order valence-electron chi connectivity index (χ3n) is 1.64. The second-order valence-electron chi connectivity index (χ2n) is 3.31. The molecule has 0 aliphatic carbocycles. The van der Waals surface area contributed by atoms with Gasteiger partial charge in [-0.2, -0.15) is 0 Å². The largest absolute Gasteiger partial charge is 0.462 e. The standard InChI is InChI=1S/C9H11N3O3S.C3H8/c1-3-15-8(14)6-4-10-9(16-2)12-7(6)11-5-13;1-3-2/h4-5H,3H2,1-2H3,(H,10,11,12,13);3H2,1-2H3. The van der Waals surface area contributed by atoms with E-state index in [9.17, 15) is 9.59 Å². The maximum absolute atomic E-state index is 11.5. The Balaban J connectivity index is 0.000000982. The zero-order valence-electron chi connectivity index (χ0n) is 11.6. The highest BCUT2D eigenvalue weighted by Crippen LogP contribution is 2.16. The number of amides is 1. The lowest BCUT2D eigenvalue weighted by atomic mass is 10.3. The molecule has 0 bridgehead atoms. The fraction of sp³-hybridized carbons (Fsp3) is 0.500. The van der Waals surface area contributed by atoms with Crippen molar-refractivity contribution in [3.8, 4) is 0 Å². The predicted octanol–water partition coefficient (Wildman–Crippen LogP) is 2.36. The van der Waals surface area contributed by atoms with E-state index in [1.54, 1.807) is 13.2 Å². The zero-order chi connectivity index (χ0) is 14.7. The summed E-state index contributed by atoms with van der Waals surface area (Å²) in [6, 6.07) is 0. The maximum atomic E-state index is 11.5. The summed E-state index contributed by atoms with van der Waals surface area (Å²) in [4.78, 5) is 29.8. The molecule has 7 heteroatoms. The normalized spacial score (nSPS) is 9.05. The van der Waals surface area contributed by atoms with Crippen LogP contribution in [0.3, 0.4) is 0 Å².